The van der Waals surface area contributed by atoms with Gasteiger partial charge in [-0.05, 0) is 47.0 Å². The van der Waals surface area contributed by atoms with Crippen molar-refractivity contribution in [2.75, 3.05) is 0 Å². The summed E-state index contributed by atoms with van der Waals surface area (Å²) in [5.74, 6) is -0.189. The van der Waals surface area contributed by atoms with Crippen molar-refractivity contribution >= 4 is 15.9 Å². The molecule has 29 heavy (non-hydrogen) atoms. The molecule has 0 atom stereocenters. The van der Waals surface area contributed by atoms with Crippen molar-refractivity contribution in [2.45, 2.75) is 6.61 Å². The highest BCUT2D eigenvalue weighted by atomic mass is 79.9. The molecule has 0 unspecified atom stereocenters. The molecule has 0 saturated carbocycles. The van der Waals surface area contributed by atoms with Gasteiger partial charge < -0.3 is 4.74 Å². The first kappa shape index (κ1) is 19.3. The van der Waals surface area contributed by atoms with E-state index < -0.39 is 11.6 Å². The topological polar surface area (TPSA) is 9.23 Å². The summed E-state index contributed by atoms with van der Waals surface area (Å²) in [5, 5.41) is 0. The van der Waals surface area contributed by atoms with Crippen molar-refractivity contribution < 1.29 is 13.5 Å². The lowest BCUT2D eigenvalue weighted by molar-refractivity contribution is 0.306. The van der Waals surface area contributed by atoms with Crippen molar-refractivity contribution in [3.8, 4) is 28.0 Å². The smallest absolute Gasteiger partial charge is 0.132 e. The molecule has 0 aliphatic heterocycles. The van der Waals surface area contributed by atoms with Crippen LogP contribution in [-0.4, -0.2) is 0 Å². The first-order valence-electron chi connectivity index (χ1n) is 9.12. The summed E-state index contributed by atoms with van der Waals surface area (Å²) in [6.07, 6.45) is 0. The Labute approximate surface area is 176 Å². The van der Waals surface area contributed by atoms with Gasteiger partial charge in [-0.1, -0.05) is 76.6 Å². The van der Waals surface area contributed by atoms with Crippen LogP contribution < -0.4 is 4.74 Å². The molecule has 0 bridgehead atoms. The molecule has 1 nitrogen and oxygen atoms in total. The normalized spacial score (nSPS) is 10.7. The van der Waals surface area contributed by atoms with Crippen molar-refractivity contribution in [2.24, 2.45) is 0 Å². The number of hydrogen-bond donors (Lipinski definition) is 0. The summed E-state index contributed by atoms with van der Waals surface area (Å²) < 4.78 is 35.3. The minimum atomic E-state index is -0.467. The molecule has 4 heteroatoms. The Bertz CT molecular complexity index is 1130. The third-order valence-electron chi connectivity index (χ3n) is 4.63. The standard InChI is InChI=1S/C25H17BrF2O/c26-20-9-13-23(25(28)15-20)22-12-8-19(14-24(22)27)18-6-10-21(11-7-18)29-16-17-4-2-1-3-5-17/h1-15H,16H2. The summed E-state index contributed by atoms with van der Waals surface area (Å²) in [6.45, 7) is 0.488. The van der Waals surface area contributed by atoms with Crippen LogP contribution in [0.2, 0.25) is 0 Å². The molecule has 0 saturated heterocycles. The highest BCUT2D eigenvalue weighted by molar-refractivity contribution is 9.10. The van der Waals surface area contributed by atoms with E-state index >= 15 is 0 Å². The van der Waals surface area contributed by atoms with Gasteiger partial charge in [-0.2, -0.15) is 0 Å². The zero-order chi connectivity index (χ0) is 20.2. The molecular weight excluding hydrogens is 434 g/mol. The van der Waals surface area contributed by atoms with E-state index in [-0.39, 0.29) is 11.1 Å². The molecule has 0 N–H and O–H groups in total. The van der Waals surface area contributed by atoms with Gasteiger partial charge in [0.1, 0.15) is 24.0 Å². The Morgan fingerprint density at radius 3 is 1.93 bits per heavy atom. The molecule has 0 aliphatic carbocycles. The van der Waals surface area contributed by atoms with Crippen LogP contribution in [0.25, 0.3) is 22.3 Å². The Morgan fingerprint density at radius 1 is 0.655 bits per heavy atom. The zero-order valence-corrected chi connectivity index (χ0v) is 17.0. The van der Waals surface area contributed by atoms with Crippen LogP contribution in [-0.2, 0) is 6.61 Å². The van der Waals surface area contributed by atoms with Gasteiger partial charge in [0, 0.05) is 15.6 Å². The molecule has 0 heterocycles. The fourth-order valence-corrected chi connectivity index (χ4v) is 3.44. The molecule has 0 spiro atoms. The summed E-state index contributed by atoms with van der Waals surface area (Å²) in [4.78, 5) is 0. The molecule has 0 aromatic heterocycles. The second kappa shape index (κ2) is 8.58. The third kappa shape index (κ3) is 4.54. The summed E-state index contributed by atoms with van der Waals surface area (Å²) in [7, 11) is 0. The van der Waals surface area contributed by atoms with Gasteiger partial charge in [0.05, 0.1) is 0 Å². The van der Waals surface area contributed by atoms with Crippen LogP contribution in [0.15, 0.2) is 95.5 Å². The van der Waals surface area contributed by atoms with Crippen LogP contribution in [0.3, 0.4) is 0 Å². The predicted octanol–water partition coefficient (Wildman–Crippen LogP) is 7.64. The lowest BCUT2D eigenvalue weighted by atomic mass is 9.99. The lowest BCUT2D eigenvalue weighted by Crippen LogP contribution is -1.94. The fraction of sp³-hybridized carbons (Fsp3) is 0.0400. The van der Waals surface area contributed by atoms with E-state index in [1.807, 2.05) is 54.6 Å². The highest BCUT2D eigenvalue weighted by Gasteiger charge is 2.12. The molecule has 144 valence electrons. The molecule has 0 aliphatic rings. The quantitative estimate of drug-likeness (QED) is 0.303. The van der Waals surface area contributed by atoms with Gasteiger partial charge in [-0.15, -0.1) is 0 Å². The van der Waals surface area contributed by atoms with Crippen LogP contribution in [0.1, 0.15) is 5.56 Å². The number of rotatable bonds is 5. The van der Waals surface area contributed by atoms with Gasteiger partial charge in [0.25, 0.3) is 0 Å². The van der Waals surface area contributed by atoms with E-state index in [9.17, 15) is 8.78 Å². The highest BCUT2D eigenvalue weighted by Crippen LogP contribution is 2.31. The second-order valence-corrected chi connectivity index (χ2v) is 7.53. The number of ether oxygens (including phenoxy) is 1. The van der Waals surface area contributed by atoms with Crippen molar-refractivity contribution in [3.05, 3.63) is 113 Å². The van der Waals surface area contributed by atoms with E-state index in [1.54, 1.807) is 24.3 Å². The zero-order valence-electron chi connectivity index (χ0n) is 15.4. The summed E-state index contributed by atoms with van der Waals surface area (Å²) in [6, 6.07) is 26.8. The first-order valence-corrected chi connectivity index (χ1v) is 9.91. The maximum Gasteiger partial charge on any atom is 0.132 e. The van der Waals surface area contributed by atoms with E-state index in [2.05, 4.69) is 15.9 Å². The Balaban J connectivity index is 1.52. The third-order valence-corrected chi connectivity index (χ3v) is 5.12. The van der Waals surface area contributed by atoms with Crippen LogP contribution in [0.4, 0.5) is 8.78 Å². The molecule has 0 amide bonds. The minimum absolute atomic E-state index is 0.238. The average molecular weight is 451 g/mol. The van der Waals surface area contributed by atoms with Crippen molar-refractivity contribution in [1.82, 2.24) is 0 Å². The Kier molecular flexibility index (Phi) is 5.72. The number of benzene rings is 4. The largest absolute Gasteiger partial charge is 0.489 e. The molecule has 4 rings (SSSR count). The Hall–Kier alpha value is -2.98. The monoisotopic (exact) mass is 450 g/mol. The van der Waals surface area contributed by atoms with E-state index in [1.165, 1.54) is 12.1 Å². The van der Waals surface area contributed by atoms with E-state index in [0.29, 0.717) is 11.1 Å². The molecule has 0 radical (unpaired) electrons. The van der Waals surface area contributed by atoms with Crippen LogP contribution in [0.5, 0.6) is 5.75 Å². The van der Waals surface area contributed by atoms with Gasteiger partial charge in [-0.25, -0.2) is 8.78 Å². The van der Waals surface area contributed by atoms with Crippen molar-refractivity contribution in [3.63, 3.8) is 0 Å². The SMILES string of the molecule is Fc1cc(Br)ccc1-c1ccc(-c2ccc(OCc3ccccc3)cc2)cc1F. The van der Waals surface area contributed by atoms with Gasteiger partial charge in [-0.3, -0.25) is 0 Å². The lowest BCUT2D eigenvalue weighted by Gasteiger charge is -2.10. The molecule has 4 aromatic carbocycles. The van der Waals surface area contributed by atoms with Crippen LogP contribution in [0, 0.1) is 11.6 Å². The van der Waals surface area contributed by atoms with E-state index in [4.69, 9.17) is 4.74 Å². The first-order chi connectivity index (χ1) is 14.1. The fourth-order valence-electron chi connectivity index (χ4n) is 3.11. The van der Waals surface area contributed by atoms with Gasteiger partial charge >= 0.3 is 0 Å². The molecular formula is C25H17BrF2O. The molecule has 0 fully saturated rings. The summed E-state index contributed by atoms with van der Waals surface area (Å²) in [5.41, 5.74) is 3.15. The number of hydrogen-bond acceptors (Lipinski definition) is 1. The maximum atomic E-state index is 14.7. The second-order valence-electron chi connectivity index (χ2n) is 6.62. The minimum Gasteiger partial charge on any atom is -0.489 e. The van der Waals surface area contributed by atoms with Crippen LogP contribution >= 0.6 is 15.9 Å². The number of halogens is 3. The maximum absolute atomic E-state index is 14.7. The molecule has 4 aromatic rings. The summed E-state index contributed by atoms with van der Waals surface area (Å²) >= 11 is 3.22. The predicted molar refractivity (Wildman–Crippen MR) is 116 cm³/mol. The Morgan fingerprint density at radius 2 is 1.28 bits per heavy atom. The van der Waals surface area contributed by atoms with E-state index in [0.717, 1.165) is 22.4 Å². The van der Waals surface area contributed by atoms with Gasteiger partial charge in [0.2, 0.25) is 0 Å². The van der Waals surface area contributed by atoms with Crippen molar-refractivity contribution in [1.29, 1.82) is 0 Å². The average Bonchev–Trinajstić information content (AvgIpc) is 2.74. The van der Waals surface area contributed by atoms with Gasteiger partial charge in [0.15, 0.2) is 0 Å².